The molecule has 0 radical (unpaired) electrons. The summed E-state index contributed by atoms with van der Waals surface area (Å²) in [5.41, 5.74) is 2.55. The summed E-state index contributed by atoms with van der Waals surface area (Å²) in [4.78, 5) is 1.99. The molecule has 0 bridgehead atoms. The number of nitrogens with one attached hydrogen (secondary N) is 1. The van der Waals surface area contributed by atoms with Crippen LogP contribution in [0.4, 0.5) is 18.9 Å². The molecule has 0 aromatic heterocycles. The second kappa shape index (κ2) is 11.7. The Labute approximate surface area is 224 Å². The topological polar surface area (TPSA) is 61.4 Å². The first-order valence-corrected chi connectivity index (χ1v) is 12.1. The third-order valence-electron chi connectivity index (χ3n) is 6.07. The van der Waals surface area contributed by atoms with Crippen LogP contribution in [-0.2, 0) is 6.42 Å². The number of methoxy groups -OCH3 is 3. The van der Waals surface area contributed by atoms with Gasteiger partial charge in [0.2, 0.25) is 0 Å². The van der Waals surface area contributed by atoms with E-state index in [9.17, 15) is 13.2 Å². The van der Waals surface area contributed by atoms with E-state index in [1.165, 1.54) is 24.3 Å². The number of para-hydroxylation sites is 2. The van der Waals surface area contributed by atoms with Crippen molar-refractivity contribution in [3.63, 3.8) is 0 Å². The highest BCUT2D eigenvalue weighted by Gasteiger charge is 2.32. The molecule has 0 spiro atoms. The number of nitrogens with zero attached hydrogens (tertiary/aromatic N) is 1. The van der Waals surface area contributed by atoms with Gasteiger partial charge >= 0.3 is 6.36 Å². The van der Waals surface area contributed by atoms with Gasteiger partial charge in [0.1, 0.15) is 12.4 Å². The third-order valence-corrected chi connectivity index (χ3v) is 6.41. The predicted molar refractivity (Wildman–Crippen MR) is 141 cm³/mol. The molecule has 1 aliphatic rings. The van der Waals surface area contributed by atoms with Gasteiger partial charge in [0.15, 0.2) is 28.1 Å². The normalized spacial score (nSPS) is 14.8. The molecular formula is C27H27F3N2O5S. The summed E-state index contributed by atoms with van der Waals surface area (Å²) in [6.45, 7) is 0.812. The average molecular weight is 549 g/mol. The van der Waals surface area contributed by atoms with E-state index in [0.717, 1.165) is 11.1 Å². The number of hydrogen-bond acceptors (Lipinski definition) is 6. The molecule has 1 aliphatic heterocycles. The molecule has 11 heteroatoms. The second-order valence-electron chi connectivity index (χ2n) is 8.33. The average Bonchev–Trinajstić information content (AvgIpc) is 2.91. The maximum Gasteiger partial charge on any atom is 0.573 e. The number of benzene rings is 3. The van der Waals surface area contributed by atoms with E-state index in [1.807, 2.05) is 41.3 Å². The van der Waals surface area contributed by atoms with Crippen molar-refractivity contribution in [2.45, 2.75) is 18.8 Å². The zero-order valence-corrected chi connectivity index (χ0v) is 21.8. The minimum atomic E-state index is -4.76. The lowest BCUT2D eigenvalue weighted by Crippen LogP contribution is -2.44. The Bertz CT molecular complexity index is 1270. The molecule has 0 amide bonds. The Kier molecular flexibility index (Phi) is 8.35. The highest BCUT2D eigenvalue weighted by Crippen LogP contribution is 2.39. The van der Waals surface area contributed by atoms with Gasteiger partial charge in [-0.15, -0.1) is 13.2 Å². The highest BCUT2D eigenvalue weighted by molar-refractivity contribution is 7.80. The number of hydrogen-bond donors (Lipinski definition) is 1. The molecule has 1 heterocycles. The van der Waals surface area contributed by atoms with Crippen LogP contribution in [0.5, 0.6) is 28.7 Å². The highest BCUT2D eigenvalue weighted by atomic mass is 32.1. The second-order valence-corrected chi connectivity index (χ2v) is 8.72. The number of halogens is 3. The number of alkyl halides is 3. The van der Waals surface area contributed by atoms with Crippen LogP contribution in [0.3, 0.4) is 0 Å². The fourth-order valence-corrected chi connectivity index (χ4v) is 4.63. The molecule has 0 saturated carbocycles. The van der Waals surface area contributed by atoms with Crippen LogP contribution < -0.4 is 29.0 Å². The molecule has 38 heavy (non-hydrogen) atoms. The van der Waals surface area contributed by atoms with Crippen molar-refractivity contribution in [1.29, 1.82) is 0 Å². The minimum absolute atomic E-state index is 0.239. The molecule has 1 atom stereocenters. The van der Waals surface area contributed by atoms with Crippen LogP contribution in [0.1, 0.15) is 17.2 Å². The van der Waals surface area contributed by atoms with E-state index in [2.05, 4.69) is 10.1 Å². The van der Waals surface area contributed by atoms with Crippen molar-refractivity contribution in [3.8, 4) is 28.7 Å². The minimum Gasteiger partial charge on any atom is -0.493 e. The Morgan fingerprint density at radius 3 is 2.18 bits per heavy atom. The van der Waals surface area contributed by atoms with Gasteiger partial charge in [-0.3, -0.25) is 0 Å². The van der Waals surface area contributed by atoms with E-state index < -0.39 is 6.36 Å². The lowest BCUT2D eigenvalue weighted by atomic mass is 9.92. The van der Waals surface area contributed by atoms with Gasteiger partial charge in [0, 0.05) is 12.2 Å². The molecule has 4 rings (SSSR count). The summed E-state index contributed by atoms with van der Waals surface area (Å²) in [6, 6.07) is 16.3. The van der Waals surface area contributed by atoms with E-state index in [4.69, 9.17) is 31.2 Å². The number of anilines is 1. The molecule has 0 fully saturated rings. The van der Waals surface area contributed by atoms with Crippen LogP contribution in [-0.4, -0.2) is 50.9 Å². The van der Waals surface area contributed by atoms with Gasteiger partial charge in [-0.05, 0) is 78.3 Å². The van der Waals surface area contributed by atoms with Crippen molar-refractivity contribution in [3.05, 3.63) is 71.8 Å². The summed E-state index contributed by atoms with van der Waals surface area (Å²) in [5, 5.41) is 3.51. The molecule has 0 saturated heterocycles. The largest absolute Gasteiger partial charge is 0.573 e. The van der Waals surface area contributed by atoms with E-state index in [1.54, 1.807) is 21.3 Å². The molecule has 202 valence electrons. The summed E-state index contributed by atoms with van der Waals surface area (Å²) in [5.74, 6) is 2.08. The zero-order valence-electron chi connectivity index (χ0n) is 21.0. The van der Waals surface area contributed by atoms with Crippen molar-refractivity contribution in [2.75, 3.05) is 39.8 Å². The molecular weight excluding hydrogens is 521 g/mol. The molecule has 1 N–H and O–H groups in total. The lowest BCUT2D eigenvalue weighted by Gasteiger charge is -2.39. The first-order valence-electron chi connectivity index (χ1n) is 11.7. The van der Waals surface area contributed by atoms with Crippen molar-refractivity contribution < 1.29 is 36.9 Å². The van der Waals surface area contributed by atoms with Gasteiger partial charge in [-0.1, -0.05) is 12.1 Å². The number of ether oxygens (including phenoxy) is 5. The fraction of sp³-hybridized carbons (Fsp3) is 0.296. The fourth-order valence-electron chi connectivity index (χ4n) is 4.29. The Balaban J connectivity index is 1.60. The van der Waals surface area contributed by atoms with Crippen LogP contribution in [0, 0.1) is 0 Å². The maximum absolute atomic E-state index is 12.5. The van der Waals surface area contributed by atoms with Crippen LogP contribution in [0.2, 0.25) is 0 Å². The number of fused-ring (bicyclic) bond motifs is 1. The van der Waals surface area contributed by atoms with Gasteiger partial charge in [-0.25, -0.2) is 0 Å². The molecule has 0 aliphatic carbocycles. The van der Waals surface area contributed by atoms with Gasteiger partial charge < -0.3 is 33.9 Å². The Hall–Kier alpha value is -3.86. The van der Waals surface area contributed by atoms with Gasteiger partial charge in [0.05, 0.1) is 27.4 Å². The number of rotatable bonds is 8. The summed E-state index contributed by atoms with van der Waals surface area (Å²) < 4.78 is 64.1. The molecule has 0 unspecified atom stereocenters. The number of thiocarbonyl (C=S) groups is 1. The monoisotopic (exact) mass is 548 g/mol. The van der Waals surface area contributed by atoms with E-state index in [-0.39, 0.29) is 18.4 Å². The van der Waals surface area contributed by atoms with Gasteiger partial charge in [0.25, 0.3) is 0 Å². The lowest BCUT2D eigenvalue weighted by molar-refractivity contribution is -0.274. The first-order chi connectivity index (χ1) is 18.2. The zero-order chi connectivity index (χ0) is 27.3. The standard InChI is InChI=1S/C27H27F3N2O5S/c1-33-22-6-4-5-7-23(22)36-16-21-20-15-25(35-3)24(34-2)14-17(20)12-13-32(21)26(38)31-18-8-10-19(11-9-18)37-27(28,29)30/h4-11,14-15,21H,12-13,16H2,1-3H3,(H,31,38)/t21-/m1/s1. The van der Waals surface area contributed by atoms with Crippen LogP contribution in [0.15, 0.2) is 60.7 Å². The van der Waals surface area contributed by atoms with Crippen molar-refractivity contribution >= 4 is 23.0 Å². The Morgan fingerprint density at radius 2 is 1.55 bits per heavy atom. The maximum atomic E-state index is 12.5. The van der Waals surface area contributed by atoms with Crippen molar-refractivity contribution in [1.82, 2.24) is 4.90 Å². The third kappa shape index (κ3) is 6.34. The summed E-state index contributed by atoms with van der Waals surface area (Å²) in [7, 11) is 4.74. The summed E-state index contributed by atoms with van der Waals surface area (Å²) >= 11 is 5.74. The predicted octanol–water partition coefficient (Wildman–Crippen LogP) is 5.99. The smallest absolute Gasteiger partial charge is 0.493 e. The SMILES string of the molecule is COc1cc2c(cc1OC)[C@@H](COc1ccccc1OC)N(C(=S)Nc1ccc(OC(F)(F)F)cc1)CC2. The van der Waals surface area contributed by atoms with Crippen molar-refractivity contribution in [2.24, 2.45) is 0 Å². The van der Waals surface area contributed by atoms with Crippen LogP contribution >= 0.6 is 12.2 Å². The molecule has 3 aromatic rings. The summed E-state index contributed by atoms with van der Waals surface area (Å²) in [6.07, 6.45) is -4.08. The quantitative estimate of drug-likeness (QED) is 0.345. The van der Waals surface area contributed by atoms with E-state index in [0.29, 0.717) is 46.8 Å². The molecule has 7 nitrogen and oxygen atoms in total. The van der Waals surface area contributed by atoms with Crippen LogP contribution in [0.25, 0.3) is 0 Å². The van der Waals surface area contributed by atoms with E-state index >= 15 is 0 Å². The Morgan fingerprint density at radius 1 is 0.921 bits per heavy atom. The molecule has 3 aromatic carbocycles. The van der Waals surface area contributed by atoms with Gasteiger partial charge in [-0.2, -0.15) is 0 Å². The first kappa shape index (κ1) is 27.2.